The minimum Gasteiger partial charge on any atom is -0.492 e. The van der Waals surface area contributed by atoms with Crippen LogP contribution in [0.1, 0.15) is 42.4 Å². The molecule has 2 aromatic carbocycles. The summed E-state index contributed by atoms with van der Waals surface area (Å²) in [6.07, 6.45) is 2.50. The minimum atomic E-state index is -3.61. The molecule has 0 saturated carbocycles. The molecule has 1 fully saturated rings. The Balaban J connectivity index is 1.57. The van der Waals surface area contributed by atoms with Gasteiger partial charge in [-0.2, -0.15) is 0 Å². The van der Waals surface area contributed by atoms with Crippen molar-refractivity contribution in [3.05, 3.63) is 64.6 Å². The number of carbonyl (C=O) groups excluding carboxylic acids is 1. The van der Waals surface area contributed by atoms with Crippen LogP contribution < -0.4 is 19.5 Å². The first-order chi connectivity index (χ1) is 19.7. The Morgan fingerprint density at radius 3 is 2.38 bits per heavy atom. The summed E-state index contributed by atoms with van der Waals surface area (Å²) in [6.45, 7) is 10.5. The largest absolute Gasteiger partial charge is 0.492 e. The highest BCUT2D eigenvalue weighted by molar-refractivity contribution is 7.92. The molecule has 4 rings (SSSR count). The number of benzene rings is 2. The first kappa shape index (κ1) is 31.5. The van der Waals surface area contributed by atoms with Crippen molar-refractivity contribution in [2.24, 2.45) is 0 Å². The molecule has 3 aromatic rings. The maximum atomic E-state index is 13.4. The first-order valence-electron chi connectivity index (χ1n) is 13.4. The van der Waals surface area contributed by atoms with Crippen molar-refractivity contribution in [3.63, 3.8) is 0 Å². The smallest absolute Gasteiger partial charge is 0.255 e. The van der Waals surface area contributed by atoms with Crippen LogP contribution in [0.2, 0.25) is 5.02 Å². The topological polar surface area (TPSA) is 126 Å². The van der Waals surface area contributed by atoms with E-state index >= 15 is 0 Å². The third kappa shape index (κ3) is 8.31. The van der Waals surface area contributed by atoms with Gasteiger partial charge >= 0.3 is 0 Å². The third-order valence-electron chi connectivity index (χ3n) is 6.79. The van der Waals surface area contributed by atoms with E-state index in [2.05, 4.69) is 36.9 Å². The molecule has 0 atom stereocenters. The zero-order valence-corrected chi connectivity index (χ0v) is 26.3. The first-order valence-corrected chi connectivity index (χ1v) is 15.7. The monoisotopic (exact) mass is 616 g/mol. The lowest BCUT2D eigenvalue weighted by Gasteiger charge is -2.32. The van der Waals surface area contributed by atoms with Crippen LogP contribution in [-0.4, -0.2) is 80.7 Å². The summed E-state index contributed by atoms with van der Waals surface area (Å²) in [6, 6.07) is 9.89. The average molecular weight is 617 g/mol. The zero-order valence-electron chi connectivity index (χ0n) is 24.7. The van der Waals surface area contributed by atoms with Crippen LogP contribution in [0.5, 0.6) is 17.4 Å². The summed E-state index contributed by atoms with van der Waals surface area (Å²) >= 11 is 6.42. The number of aromatic nitrogens is 2. The lowest BCUT2D eigenvalue weighted by molar-refractivity contribution is 0.102. The molecule has 1 aliphatic rings. The molecular formula is C29H37ClN6O5S. The second kappa shape index (κ2) is 12.8. The summed E-state index contributed by atoms with van der Waals surface area (Å²) < 4.78 is 38.1. The van der Waals surface area contributed by atoms with E-state index in [9.17, 15) is 13.2 Å². The van der Waals surface area contributed by atoms with E-state index < -0.39 is 15.9 Å². The predicted octanol–water partition coefficient (Wildman–Crippen LogP) is 4.60. The van der Waals surface area contributed by atoms with Gasteiger partial charge in [0.15, 0.2) is 5.75 Å². The summed E-state index contributed by atoms with van der Waals surface area (Å²) in [5, 5.41) is 3.16. The van der Waals surface area contributed by atoms with Gasteiger partial charge in [-0.15, -0.1) is 0 Å². The molecule has 1 aromatic heterocycles. The molecule has 0 unspecified atom stereocenters. The molecule has 0 aliphatic carbocycles. The van der Waals surface area contributed by atoms with Crippen molar-refractivity contribution in [2.45, 2.75) is 32.7 Å². The highest BCUT2D eigenvalue weighted by Crippen LogP contribution is 2.39. The fourth-order valence-corrected chi connectivity index (χ4v) is 5.14. The second-order valence-electron chi connectivity index (χ2n) is 11.4. The lowest BCUT2D eigenvalue weighted by atomic mass is 9.86. The molecule has 13 heteroatoms. The molecule has 0 radical (unpaired) electrons. The van der Waals surface area contributed by atoms with E-state index in [1.165, 1.54) is 19.5 Å². The number of sulfonamides is 1. The number of amides is 1. The highest BCUT2D eigenvalue weighted by Gasteiger charge is 2.23. The van der Waals surface area contributed by atoms with E-state index in [1.807, 2.05) is 20.8 Å². The van der Waals surface area contributed by atoms with E-state index in [4.69, 9.17) is 21.1 Å². The van der Waals surface area contributed by atoms with Crippen molar-refractivity contribution in [2.75, 3.05) is 56.6 Å². The molecule has 1 saturated heterocycles. The molecule has 1 aliphatic heterocycles. The number of hydrogen-bond donors (Lipinski definition) is 2. The Morgan fingerprint density at radius 2 is 1.74 bits per heavy atom. The van der Waals surface area contributed by atoms with E-state index in [0.29, 0.717) is 23.1 Å². The molecule has 11 nitrogen and oxygen atoms in total. The van der Waals surface area contributed by atoms with Gasteiger partial charge < -0.3 is 19.7 Å². The Bertz CT molecular complexity index is 1550. The van der Waals surface area contributed by atoms with Gasteiger partial charge in [0.05, 0.1) is 35.5 Å². The number of rotatable bonds is 9. The standard InChI is InChI=1S/C29H37ClN6O5S/c1-29(2,3)20-14-23(27(40-5)24(15-20)34-42(6,38)39)33-28(37)19-7-8-22(30)25(13-19)41-26-16-21(31-18-32-26)17-36-11-9-35(4)10-12-36/h7-8,13-16,18,34H,9-12,17H2,1-6H3,(H,33,37). The van der Waals surface area contributed by atoms with Gasteiger partial charge in [0.2, 0.25) is 15.9 Å². The lowest BCUT2D eigenvalue weighted by Crippen LogP contribution is -2.44. The number of nitrogens with zero attached hydrogens (tertiary/aromatic N) is 4. The third-order valence-corrected chi connectivity index (χ3v) is 7.69. The number of methoxy groups -OCH3 is 1. The van der Waals surface area contributed by atoms with Crippen molar-refractivity contribution in [1.29, 1.82) is 0 Å². The minimum absolute atomic E-state index is 0.182. The van der Waals surface area contributed by atoms with Gasteiger partial charge in [0, 0.05) is 44.4 Å². The Morgan fingerprint density at radius 1 is 1.05 bits per heavy atom. The number of ether oxygens (including phenoxy) is 2. The number of nitrogens with one attached hydrogen (secondary N) is 2. The van der Waals surface area contributed by atoms with Crippen molar-refractivity contribution in [3.8, 4) is 17.4 Å². The van der Waals surface area contributed by atoms with Crippen LogP contribution in [0.25, 0.3) is 0 Å². The average Bonchev–Trinajstić information content (AvgIpc) is 2.90. The predicted molar refractivity (Wildman–Crippen MR) is 164 cm³/mol. The van der Waals surface area contributed by atoms with Gasteiger partial charge in [-0.1, -0.05) is 32.4 Å². The van der Waals surface area contributed by atoms with Crippen molar-refractivity contribution in [1.82, 2.24) is 19.8 Å². The molecule has 2 heterocycles. The fraction of sp³-hybridized carbons (Fsp3) is 0.414. The maximum absolute atomic E-state index is 13.4. The normalized spacial score (nSPS) is 14.8. The van der Waals surface area contributed by atoms with Crippen molar-refractivity contribution < 1.29 is 22.7 Å². The molecular weight excluding hydrogens is 580 g/mol. The zero-order chi connectivity index (χ0) is 30.7. The van der Waals surface area contributed by atoms with Crippen LogP contribution in [0.4, 0.5) is 11.4 Å². The molecule has 226 valence electrons. The fourth-order valence-electron chi connectivity index (χ4n) is 4.43. The summed E-state index contributed by atoms with van der Waals surface area (Å²) in [5.74, 6) is 0.277. The number of piperazine rings is 1. The SMILES string of the molecule is COc1c(NC(=O)c2ccc(Cl)c(Oc3cc(CN4CCN(C)CC4)ncn3)c2)cc(C(C)(C)C)cc1NS(C)(=O)=O. The van der Waals surface area contributed by atoms with Crippen LogP contribution in [0.3, 0.4) is 0 Å². The Hall–Kier alpha value is -3.45. The quantitative estimate of drug-likeness (QED) is 0.355. The van der Waals surface area contributed by atoms with Gasteiger partial charge in [-0.05, 0) is 48.4 Å². The summed E-state index contributed by atoms with van der Waals surface area (Å²) in [4.78, 5) is 26.6. The number of halogens is 1. The molecule has 0 spiro atoms. The van der Waals surface area contributed by atoms with Gasteiger partial charge in [0.25, 0.3) is 5.91 Å². The molecule has 42 heavy (non-hydrogen) atoms. The number of anilines is 2. The molecule has 2 N–H and O–H groups in total. The van der Waals surface area contributed by atoms with E-state index in [1.54, 1.807) is 30.3 Å². The number of likely N-dealkylation sites (N-methyl/N-ethyl adjacent to an activating group) is 1. The van der Waals surface area contributed by atoms with Gasteiger partial charge in [-0.3, -0.25) is 14.4 Å². The van der Waals surface area contributed by atoms with Crippen LogP contribution >= 0.6 is 11.6 Å². The number of carbonyl (C=O) groups is 1. The summed E-state index contributed by atoms with van der Waals surface area (Å²) in [5.41, 5.74) is 2.06. The van der Waals surface area contributed by atoms with E-state index in [0.717, 1.165) is 43.7 Å². The molecule has 0 bridgehead atoms. The second-order valence-corrected chi connectivity index (χ2v) is 13.5. The van der Waals surface area contributed by atoms with Crippen molar-refractivity contribution >= 4 is 38.9 Å². The number of hydrogen-bond acceptors (Lipinski definition) is 9. The molecule has 1 amide bonds. The maximum Gasteiger partial charge on any atom is 0.255 e. The van der Waals surface area contributed by atoms with Gasteiger partial charge in [0.1, 0.15) is 12.1 Å². The van der Waals surface area contributed by atoms with Crippen LogP contribution in [-0.2, 0) is 22.0 Å². The summed E-state index contributed by atoms with van der Waals surface area (Å²) in [7, 11) is -0.0962. The van der Waals surface area contributed by atoms with Crippen LogP contribution in [0.15, 0.2) is 42.7 Å². The highest BCUT2D eigenvalue weighted by atomic mass is 35.5. The van der Waals surface area contributed by atoms with Gasteiger partial charge in [-0.25, -0.2) is 18.4 Å². The Kier molecular flexibility index (Phi) is 9.61. The Labute approximate surface area is 252 Å². The van der Waals surface area contributed by atoms with Crippen LogP contribution in [0, 0.1) is 0 Å². The van der Waals surface area contributed by atoms with E-state index in [-0.39, 0.29) is 28.2 Å².